The number of benzene rings is 1. The second-order valence-electron chi connectivity index (χ2n) is 6.03. The van der Waals surface area contributed by atoms with Crippen LogP contribution in [0.1, 0.15) is 35.9 Å². The summed E-state index contributed by atoms with van der Waals surface area (Å²) in [5.41, 5.74) is 1.47. The smallest absolute Gasteiger partial charge is 0.274 e. The van der Waals surface area contributed by atoms with E-state index in [1.54, 1.807) is 10.7 Å². The fourth-order valence-corrected chi connectivity index (χ4v) is 2.84. The fourth-order valence-electron chi connectivity index (χ4n) is 2.84. The molecule has 1 saturated heterocycles. The Kier molecular flexibility index (Phi) is 5.33. The predicted molar refractivity (Wildman–Crippen MR) is 91.5 cm³/mol. The Balaban J connectivity index is 1.75. The lowest BCUT2D eigenvalue weighted by atomic mass is 10.2. The van der Waals surface area contributed by atoms with Crippen molar-refractivity contribution >= 4 is 11.6 Å². The van der Waals surface area contributed by atoms with Gasteiger partial charge in [0.25, 0.3) is 5.91 Å². The monoisotopic (exact) mass is 347 g/mol. The molecular weight excluding hydrogens is 325 g/mol. The zero-order valence-corrected chi connectivity index (χ0v) is 14.4. The van der Waals surface area contributed by atoms with Crippen LogP contribution in [0.3, 0.4) is 0 Å². The van der Waals surface area contributed by atoms with Gasteiger partial charge in [-0.05, 0) is 44.9 Å². The Hall–Kier alpha value is -2.41. The number of halogens is 1. The molecule has 1 fully saturated rings. The van der Waals surface area contributed by atoms with E-state index in [4.69, 9.17) is 9.47 Å². The summed E-state index contributed by atoms with van der Waals surface area (Å²) in [4.78, 5) is 12.6. The zero-order chi connectivity index (χ0) is 17.8. The zero-order valence-electron chi connectivity index (χ0n) is 14.4. The molecule has 1 aromatic carbocycles. The van der Waals surface area contributed by atoms with Gasteiger partial charge in [-0.15, -0.1) is 0 Å². The van der Waals surface area contributed by atoms with Crippen molar-refractivity contribution in [3.05, 3.63) is 41.5 Å². The number of amides is 1. The van der Waals surface area contributed by atoms with Crippen LogP contribution in [0.25, 0.3) is 0 Å². The second-order valence-corrected chi connectivity index (χ2v) is 6.03. The molecule has 0 spiro atoms. The van der Waals surface area contributed by atoms with Crippen LogP contribution >= 0.6 is 0 Å². The third kappa shape index (κ3) is 4.17. The minimum absolute atomic E-state index is 0.0396. The van der Waals surface area contributed by atoms with Crippen molar-refractivity contribution in [1.29, 1.82) is 0 Å². The lowest BCUT2D eigenvalue weighted by Gasteiger charge is -2.15. The van der Waals surface area contributed by atoms with Crippen LogP contribution in [-0.4, -0.2) is 35.0 Å². The van der Waals surface area contributed by atoms with Crippen molar-refractivity contribution in [3.63, 3.8) is 0 Å². The average molecular weight is 347 g/mol. The molecule has 1 aromatic heterocycles. The van der Waals surface area contributed by atoms with Crippen LogP contribution in [0.4, 0.5) is 10.1 Å². The fraction of sp³-hybridized carbons (Fsp3) is 0.444. The quantitative estimate of drug-likeness (QED) is 0.872. The molecule has 2 aromatic rings. The van der Waals surface area contributed by atoms with Crippen LogP contribution in [0.2, 0.25) is 0 Å². The summed E-state index contributed by atoms with van der Waals surface area (Å²) in [5.74, 6) is -0.375. The number of carbonyl (C=O) groups is 1. The number of hydrogen-bond acceptors (Lipinski definition) is 4. The maximum absolute atomic E-state index is 13.6. The maximum atomic E-state index is 13.6. The predicted octanol–water partition coefficient (Wildman–Crippen LogP) is 3.16. The highest BCUT2D eigenvalue weighted by molar-refractivity contribution is 6.04. The number of aryl methyl sites for hydroxylation is 2. The highest BCUT2D eigenvalue weighted by atomic mass is 19.1. The van der Waals surface area contributed by atoms with E-state index in [-0.39, 0.29) is 12.0 Å². The molecule has 2 heterocycles. The number of ether oxygens (including phenoxy) is 2. The SMILES string of the molecule is CCn1nc(C)cc1C(=O)Nc1cc(F)ccc1OC[C@H]1CCCO1. The van der Waals surface area contributed by atoms with Crippen molar-refractivity contribution in [3.8, 4) is 5.75 Å². The van der Waals surface area contributed by atoms with Gasteiger partial charge in [0.1, 0.15) is 23.9 Å². The van der Waals surface area contributed by atoms with Crippen LogP contribution in [0.5, 0.6) is 5.75 Å². The molecular formula is C18H22FN3O3. The molecule has 134 valence electrons. The van der Waals surface area contributed by atoms with E-state index in [2.05, 4.69) is 10.4 Å². The van der Waals surface area contributed by atoms with Gasteiger partial charge in [0.15, 0.2) is 0 Å². The molecule has 0 bridgehead atoms. The first-order valence-electron chi connectivity index (χ1n) is 8.46. The van der Waals surface area contributed by atoms with Gasteiger partial charge >= 0.3 is 0 Å². The molecule has 0 unspecified atom stereocenters. The molecule has 1 aliphatic heterocycles. The van der Waals surface area contributed by atoms with E-state index in [0.717, 1.165) is 25.1 Å². The molecule has 1 aliphatic rings. The number of nitrogens with zero attached hydrogens (tertiary/aromatic N) is 2. The summed E-state index contributed by atoms with van der Waals surface area (Å²) in [5, 5.41) is 6.98. The van der Waals surface area contributed by atoms with Gasteiger partial charge in [0, 0.05) is 19.2 Å². The van der Waals surface area contributed by atoms with Crippen LogP contribution < -0.4 is 10.1 Å². The first-order chi connectivity index (χ1) is 12.1. The number of rotatable bonds is 6. The Labute approximate surface area is 145 Å². The molecule has 3 rings (SSSR count). The van der Waals surface area contributed by atoms with Gasteiger partial charge in [-0.25, -0.2) is 4.39 Å². The van der Waals surface area contributed by atoms with Crippen molar-refractivity contribution < 1.29 is 18.7 Å². The second kappa shape index (κ2) is 7.65. The molecule has 6 nitrogen and oxygen atoms in total. The van der Waals surface area contributed by atoms with Gasteiger partial charge in [-0.3, -0.25) is 9.48 Å². The lowest BCUT2D eigenvalue weighted by Crippen LogP contribution is -2.20. The number of carbonyl (C=O) groups excluding carboxylic acids is 1. The first kappa shape index (κ1) is 17.4. The van der Waals surface area contributed by atoms with Gasteiger partial charge in [-0.2, -0.15) is 5.10 Å². The molecule has 0 saturated carbocycles. The summed E-state index contributed by atoms with van der Waals surface area (Å²) in [7, 11) is 0. The van der Waals surface area contributed by atoms with Gasteiger partial charge in [0.2, 0.25) is 0 Å². The van der Waals surface area contributed by atoms with Crippen LogP contribution in [-0.2, 0) is 11.3 Å². The van der Waals surface area contributed by atoms with Crippen LogP contribution in [0, 0.1) is 12.7 Å². The first-order valence-corrected chi connectivity index (χ1v) is 8.46. The van der Waals surface area contributed by atoms with Crippen molar-refractivity contribution in [2.45, 2.75) is 39.3 Å². The van der Waals surface area contributed by atoms with Crippen molar-refractivity contribution in [2.75, 3.05) is 18.5 Å². The van der Waals surface area contributed by atoms with Gasteiger partial charge < -0.3 is 14.8 Å². The van der Waals surface area contributed by atoms with Gasteiger partial charge in [-0.1, -0.05) is 0 Å². The van der Waals surface area contributed by atoms with Crippen LogP contribution in [0.15, 0.2) is 24.3 Å². The van der Waals surface area contributed by atoms with E-state index in [1.165, 1.54) is 18.2 Å². The van der Waals surface area contributed by atoms with Crippen molar-refractivity contribution in [1.82, 2.24) is 9.78 Å². The minimum atomic E-state index is -0.444. The summed E-state index contributed by atoms with van der Waals surface area (Å²) in [6.07, 6.45) is 2.00. The number of aromatic nitrogens is 2. The average Bonchev–Trinajstić information content (AvgIpc) is 3.23. The minimum Gasteiger partial charge on any atom is -0.489 e. The molecule has 25 heavy (non-hydrogen) atoms. The van der Waals surface area contributed by atoms with E-state index < -0.39 is 5.82 Å². The third-order valence-corrected chi connectivity index (χ3v) is 4.07. The third-order valence-electron chi connectivity index (χ3n) is 4.07. The largest absolute Gasteiger partial charge is 0.489 e. The van der Waals surface area contributed by atoms with E-state index in [9.17, 15) is 9.18 Å². The summed E-state index contributed by atoms with van der Waals surface area (Å²) in [6.45, 7) is 5.41. The normalized spacial score (nSPS) is 16.8. The molecule has 1 atom stereocenters. The number of hydrogen-bond donors (Lipinski definition) is 1. The Morgan fingerprint density at radius 1 is 1.48 bits per heavy atom. The highest BCUT2D eigenvalue weighted by Gasteiger charge is 2.19. The molecule has 0 radical (unpaired) electrons. The molecule has 0 aliphatic carbocycles. The summed E-state index contributed by atoms with van der Waals surface area (Å²) in [6, 6.07) is 5.77. The molecule has 1 amide bonds. The maximum Gasteiger partial charge on any atom is 0.274 e. The number of nitrogens with one attached hydrogen (secondary N) is 1. The lowest BCUT2D eigenvalue weighted by molar-refractivity contribution is 0.0681. The Bertz CT molecular complexity index is 754. The molecule has 7 heteroatoms. The Morgan fingerprint density at radius 3 is 3.04 bits per heavy atom. The highest BCUT2D eigenvalue weighted by Crippen LogP contribution is 2.27. The van der Waals surface area contributed by atoms with Gasteiger partial charge in [0.05, 0.1) is 17.5 Å². The van der Waals surface area contributed by atoms with E-state index >= 15 is 0 Å². The van der Waals surface area contributed by atoms with E-state index in [0.29, 0.717) is 30.3 Å². The molecule has 1 N–H and O–H groups in total. The number of anilines is 1. The van der Waals surface area contributed by atoms with Crippen molar-refractivity contribution in [2.24, 2.45) is 0 Å². The van der Waals surface area contributed by atoms with E-state index in [1.807, 2.05) is 13.8 Å². The standard InChI is InChI=1S/C18H22FN3O3/c1-3-22-16(9-12(2)21-22)18(23)20-15-10-13(19)6-7-17(15)25-11-14-5-4-8-24-14/h6-7,9-10,14H,3-5,8,11H2,1-2H3,(H,20,23)/t14-/m1/s1. The summed E-state index contributed by atoms with van der Waals surface area (Å²) < 4.78 is 26.5. The summed E-state index contributed by atoms with van der Waals surface area (Å²) >= 11 is 0. The topological polar surface area (TPSA) is 65.4 Å². The Morgan fingerprint density at radius 2 is 2.32 bits per heavy atom.